The minimum absolute atomic E-state index is 0.363. The molecule has 1 aromatic heterocycles. The molecule has 16 heavy (non-hydrogen) atoms. The number of anilines is 1. The van der Waals surface area contributed by atoms with Crippen molar-refractivity contribution in [1.82, 2.24) is 10.2 Å². The van der Waals surface area contributed by atoms with Crippen LogP contribution in [0.25, 0.3) is 11.1 Å². The van der Waals surface area contributed by atoms with Crippen molar-refractivity contribution in [2.45, 2.75) is 0 Å². The molecule has 0 fully saturated rings. The van der Waals surface area contributed by atoms with Crippen molar-refractivity contribution < 1.29 is 4.74 Å². The third kappa shape index (κ3) is 1.70. The zero-order valence-corrected chi connectivity index (χ0v) is 9.93. The van der Waals surface area contributed by atoms with Gasteiger partial charge in [0, 0.05) is 11.1 Å². The van der Waals surface area contributed by atoms with Crippen LogP contribution in [0, 0.1) is 0 Å². The van der Waals surface area contributed by atoms with Gasteiger partial charge in [-0.1, -0.05) is 23.2 Å². The van der Waals surface area contributed by atoms with Gasteiger partial charge in [-0.05, 0) is 12.1 Å². The molecule has 0 amide bonds. The van der Waals surface area contributed by atoms with Crippen LogP contribution in [0.3, 0.4) is 0 Å². The van der Waals surface area contributed by atoms with E-state index in [1.165, 1.54) is 7.11 Å². The first-order valence-corrected chi connectivity index (χ1v) is 5.22. The normalized spacial score (nSPS) is 10.4. The summed E-state index contributed by atoms with van der Waals surface area (Å²) in [7, 11) is 1.53. The minimum atomic E-state index is 0.363. The fourth-order valence-corrected chi connectivity index (χ4v) is 1.91. The van der Waals surface area contributed by atoms with Crippen molar-refractivity contribution in [1.29, 1.82) is 0 Å². The lowest BCUT2D eigenvalue weighted by Crippen LogP contribution is -1.90. The van der Waals surface area contributed by atoms with Gasteiger partial charge in [-0.3, -0.25) is 5.10 Å². The van der Waals surface area contributed by atoms with Crippen LogP contribution in [0.15, 0.2) is 18.3 Å². The molecule has 0 aliphatic heterocycles. The van der Waals surface area contributed by atoms with E-state index in [1.54, 1.807) is 18.3 Å². The maximum absolute atomic E-state index is 6.13. The molecule has 0 atom stereocenters. The van der Waals surface area contributed by atoms with Crippen molar-refractivity contribution in [3.05, 3.63) is 28.4 Å². The van der Waals surface area contributed by atoms with E-state index >= 15 is 0 Å². The highest BCUT2D eigenvalue weighted by Gasteiger charge is 2.14. The SMILES string of the molecule is COc1ccc(-c2cn[nH]c2N)c(Cl)c1Cl. The molecule has 0 aliphatic carbocycles. The number of H-pyrrole nitrogens is 1. The molecule has 0 aliphatic rings. The Hall–Kier alpha value is -1.39. The minimum Gasteiger partial charge on any atom is -0.495 e. The summed E-state index contributed by atoms with van der Waals surface area (Å²) in [6, 6.07) is 3.52. The van der Waals surface area contributed by atoms with E-state index in [-0.39, 0.29) is 0 Å². The fourth-order valence-electron chi connectivity index (χ4n) is 1.41. The quantitative estimate of drug-likeness (QED) is 0.870. The van der Waals surface area contributed by atoms with Crippen LogP contribution in [0.1, 0.15) is 0 Å². The third-order valence-electron chi connectivity index (χ3n) is 2.23. The van der Waals surface area contributed by atoms with Gasteiger partial charge in [-0.25, -0.2) is 0 Å². The van der Waals surface area contributed by atoms with Crippen LogP contribution in [0.2, 0.25) is 10.0 Å². The summed E-state index contributed by atoms with van der Waals surface area (Å²) in [6.07, 6.45) is 1.60. The Kier molecular flexibility index (Phi) is 2.94. The lowest BCUT2D eigenvalue weighted by Gasteiger charge is -2.08. The summed E-state index contributed by atoms with van der Waals surface area (Å²) in [4.78, 5) is 0. The van der Waals surface area contributed by atoms with Crippen LogP contribution in [0.5, 0.6) is 5.75 Å². The third-order valence-corrected chi connectivity index (χ3v) is 3.09. The molecular formula is C10H9Cl2N3O. The number of hydrogen-bond donors (Lipinski definition) is 2. The molecule has 0 spiro atoms. The van der Waals surface area contributed by atoms with Crippen molar-refractivity contribution in [2.75, 3.05) is 12.8 Å². The average Bonchev–Trinajstić information content (AvgIpc) is 2.69. The zero-order chi connectivity index (χ0) is 11.7. The number of aromatic nitrogens is 2. The van der Waals surface area contributed by atoms with Crippen LogP contribution >= 0.6 is 23.2 Å². The molecular weight excluding hydrogens is 249 g/mol. The molecule has 4 nitrogen and oxygen atoms in total. The fraction of sp³-hybridized carbons (Fsp3) is 0.100. The average molecular weight is 258 g/mol. The van der Waals surface area contributed by atoms with Gasteiger partial charge in [0.25, 0.3) is 0 Å². The van der Waals surface area contributed by atoms with Gasteiger partial charge >= 0.3 is 0 Å². The van der Waals surface area contributed by atoms with E-state index in [9.17, 15) is 0 Å². The Morgan fingerprint density at radius 1 is 1.25 bits per heavy atom. The maximum Gasteiger partial charge on any atom is 0.139 e. The van der Waals surface area contributed by atoms with Gasteiger partial charge in [-0.15, -0.1) is 0 Å². The predicted octanol–water partition coefficient (Wildman–Crippen LogP) is 2.97. The Morgan fingerprint density at radius 3 is 2.56 bits per heavy atom. The molecule has 0 bridgehead atoms. The molecule has 1 heterocycles. The molecule has 0 saturated carbocycles. The lowest BCUT2D eigenvalue weighted by molar-refractivity contribution is 0.415. The smallest absolute Gasteiger partial charge is 0.139 e. The Balaban J connectivity index is 2.60. The van der Waals surface area contributed by atoms with Crippen LogP contribution < -0.4 is 10.5 Å². The largest absolute Gasteiger partial charge is 0.495 e. The molecule has 3 N–H and O–H groups in total. The maximum atomic E-state index is 6.13. The van der Waals surface area contributed by atoms with E-state index < -0.39 is 0 Å². The number of nitrogens with zero attached hydrogens (tertiary/aromatic N) is 1. The number of rotatable bonds is 2. The summed E-state index contributed by atoms with van der Waals surface area (Å²) >= 11 is 12.2. The van der Waals surface area contributed by atoms with Gasteiger partial charge in [0.1, 0.15) is 16.6 Å². The molecule has 2 rings (SSSR count). The van der Waals surface area contributed by atoms with E-state index in [0.29, 0.717) is 21.6 Å². The van der Waals surface area contributed by atoms with Gasteiger partial charge in [0.2, 0.25) is 0 Å². The second kappa shape index (κ2) is 4.23. The van der Waals surface area contributed by atoms with E-state index in [4.69, 9.17) is 33.7 Å². The van der Waals surface area contributed by atoms with Gasteiger partial charge < -0.3 is 10.5 Å². The van der Waals surface area contributed by atoms with Crippen molar-refractivity contribution >= 4 is 29.0 Å². The van der Waals surface area contributed by atoms with Crippen LogP contribution in [-0.2, 0) is 0 Å². The standard InChI is InChI=1S/C10H9Cl2N3O/c1-16-7-3-2-5(8(11)9(7)12)6-4-14-15-10(6)13/h2-4H,1H3,(H3,13,14,15). The molecule has 0 radical (unpaired) electrons. The van der Waals surface area contributed by atoms with E-state index in [2.05, 4.69) is 10.2 Å². The molecule has 2 aromatic rings. The highest BCUT2D eigenvalue weighted by atomic mass is 35.5. The summed E-state index contributed by atoms with van der Waals surface area (Å²) in [5.41, 5.74) is 7.15. The van der Waals surface area contributed by atoms with E-state index in [1.807, 2.05) is 0 Å². The summed E-state index contributed by atoms with van der Waals surface area (Å²) < 4.78 is 5.06. The van der Waals surface area contributed by atoms with Crippen molar-refractivity contribution in [2.24, 2.45) is 0 Å². The molecule has 0 saturated heterocycles. The van der Waals surface area contributed by atoms with Gasteiger partial charge in [0.05, 0.1) is 18.3 Å². The van der Waals surface area contributed by atoms with Gasteiger partial charge in [-0.2, -0.15) is 5.10 Å². The Bertz CT molecular complexity index is 525. The predicted molar refractivity (Wildman–Crippen MR) is 65.0 cm³/mol. The lowest BCUT2D eigenvalue weighted by atomic mass is 10.1. The zero-order valence-electron chi connectivity index (χ0n) is 8.42. The molecule has 0 unspecified atom stereocenters. The summed E-state index contributed by atoms with van der Waals surface area (Å²) in [6.45, 7) is 0. The second-order valence-electron chi connectivity index (χ2n) is 3.14. The first-order valence-electron chi connectivity index (χ1n) is 4.46. The second-order valence-corrected chi connectivity index (χ2v) is 3.90. The monoisotopic (exact) mass is 257 g/mol. The Labute approximate surface area is 102 Å². The van der Waals surface area contributed by atoms with Crippen LogP contribution in [-0.4, -0.2) is 17.3 Å². The Morgan fingerprint density at radius 2 is 2.00 bits per heavy atom. The summed E-state index contributed by atoms with van der Waals surface area (Å²) in [5, 5.41) is 7.23. The van der Waals surface area contributed by atoms with E-state index in [0.717, 1.165) is 11.1 Å². The molecule has 84 valence electrons. The number of aromatic amines is 1. The number of methoxy groups -OCH3 is 1. The highest BCUT2D eigenvalue weighted by molar-refractivity contribution is 6.44. The topological polar surface area (TPSA) is 63.9 Å². The van der Waals surface area contributed by atoms with Gasteiger partial charge in [0.15, 0.2) is 0 Å². The van der Waals surface area contributed by atoms with Crippen molar-refractivity contribution in [3.8, 4) is 16.9 Å². The highest BCUT2D eigenvalue weighted by Crippen LogP contribution is 2.40. The first kappa shape index (κ1) is 11.1. The van der Waals surface area contributed by atoms with Crippen LogP contribution in [0.4, 0.5) is 5.82 Å². The number of nitrogen functional groups attached to an aromatic ring is 1. The van der Waals surface area contributed by atoms with Crippen molar-refractivity contribution in [3.63, 3.8) is 0 Å². The number of halogens is 2. The number of benzene rings is 1. The molecule has 1 aromatic carbocycles. The number of nitrogens with one attached hydrogen (secondary N) is 1. The number of nitrogens with two attached hydrogens (primary N) is 1. The molecule has 6 heteroatoms. The number of hydrogen-bond acceptors (Lipinski definition) is 3. The first-order chi connectivity index (χ1) is 7.65. The number of ether oxygens (including phenoxy) is 1. The summed E-state index contributed by atoms with van der Waals surface area (Å²) in [5.74, 6) is 0.973.